The highest BCUT2D eigenvalue weighted by molar-refractivity contribution is 5.19. The lowest BCUT2D eigenvalue weighted by atomic mass is 10.1. The highest BCUT2D eigenvalue weighted by Crippen LogP contribution is 2.04. The van der Waals surface area contributed by atoms with E-state index in [4.69, 9.17) is 0 Å². The van der Waals surface area contributed by atoms with Crippen molar-refractivity contribution in [3.63, 3.8) is 0 Å². The molecule has 0 aromatic carbocycles. The summed E-state index contributed by atoms with van der Waals surface area (Å²) in [5, 5.41) is 3.18. The van der Waals surface area contributed by atoms with E-state index >= 15 is 0 Å². The maximum atomic E-state index is 11.7. The molecule has 2 heterocycles. The lowest BCUT2D eigenvalue weighted by Gasteiger charge is -2.16. The lowest BCUT2D eigenvalue weighted by Crippen LogP contribution is -2.34. The van der Waals surface area contributed by atoms with E-state index in [1.54, 1.807) is 10.9 Å². The Kier molecular flexibility index (Phi) is 2.14. The molecule has 0 amide bonds. The Morgan fingerprint density at radius 2 is 2.54 bits per heavy atom. The second-order valence-electron chi connectivity index (χ2n) is 3.19. The van der Waals surface area contributed by atoms with Crippen LogP contribution in [0.3, 0.4) is 0 Å². The van der Waals surface area contributed by atoms with E-state index in [2.05, 4.69) is 10.3 Å². The van der Waals surface area contributed by atoms with Crippen LogP contribution in [0.4, 0.5) is 0 Å². The zero-order valence-electron chi connectivity index (χ0n) is 7.71. The average Bonchev–Trinajstić information content (AvgIpc) is 2.19. The Bertz CT molecular complexity index is 370. The first-order valence-electron chi connectivity index (χ1n) is 4.61. The van der Waals surface area contributed by atoms with Crippen molar-refractivity contribution in [2.24, 2.45) is 0 Å². The van der Waals surface area contributed by atoms with Gasteiger partial charge in [0.05, 0.1) is 17.6 Å². The fourth-order valence-corrected chi connectivity index (χ4v) is 1.61. The summed E-state index contributed by atoms with van der Waals surface area (Å²) in [7, 11) is 0. The van der Waals surface area contributed by atoms with Crippen molar-refractivity contribution in [3.05, 3.63) is 27.9 Å². The number of aryl methyl sites for hydroxylation is 1. The standard InChI is InChI=1S/C9H13N3O/c1-2-12-6-11-8-3-4-10-5-7(8)9(12)13/h6,10H,2-5H2,1H3. The van der Waals surface area contributed by atoms with E-state index in [-0.39, 0.29) is 5.56 Å². The van der Waals surface area contributed by atoms with Crippen LogP contribution in [0.15, 0.2) is 11.1 Å². The third kappa shape index (κ3) is 1.37. The van der Waals surface area contributed by atoms with Gasteiger partial charge in [-0.25, -0.2) is 4.98 Å². The van der Waals surface area contributed by atoms with Crippen LogP contribution in [-0.2, 0) is 19.5 Å². The summed E-state index contributed by atoms with van der Waals surface area (Å²) in [6.45, 7) is 4.24. The fraction of sp³-hybridized carbons (Fsp3) is 0.556. The van der Waals surface area contributed by atoms with Crippen molar-refractivity contribution in [2.75, 3.05) is 6.54 Å². The lowest BCUT2D eigenvalue weighted by molar-refractivity contribution is 0.591. The maximum Gasteiger partial charge on any atom is 0.258 e. The van der Waals surface area contributed by atoms with Gasteiger partial charge in [0, 0.05) is 26.1 Å². The summed E-state index contributed by atoms with van der Waals surface area (Å²) < 4.78 is 1.64. The third-order valence-electron chi connectivity index (χ3n) is 2.40. The molecular formula is C9H13N3O. The molecule has 13 heavy (non-hydrogen) atoms. The quantitative estimate of drug-likeness (QED) is 0.655. The first-order chi connectivity index (χ1) is 6.33. The number of aromatic nitrogens is 2. The summed E-state index contributed by atoms with van der Waals surface area (Å²) in [4.78, 5) is 16.0. The van der Waals surface area contributed by atoms with Crippen LogP contribution in [0.25, 0.3) is 0 Å². The Morgan fingerprint density at radius 1 is 1.69 bits per heavy atom. The van der Waals surface area contributed by atoms with Crippen LogP contribution >= 0.6 is 0 Å². The second kappa shape index (κ2) is 3.30. The molecule has 0 aliphatic carbocycles. The highest BCUT2D eigenvalue weighted by atomic mass is 16.1. The summed E-state index contributed by atoms with van der Waals surface area (Å²) in [5.74, 6) is 0. The fourth-order valence-electron chi connectivity index (χ4n) is 1.61. The van der Waals surface area contributed by atoms with E-state index in [9.17, 15) is 4.79 Å². The summed E-state index contributed by atoms with van der Waals surface area (Å²) >= 11 is 0. The first kappa shape index (κ1) is 8.44. The van der Waals surface area contributed by atoms with Crippen molar-refractivity contribution >= 4 is 0 Å². The molecule has 1 aromatic heterocycles. The number of nitrogens with one attached hydrogen (secondary N) is 1. The number of rotatable bonds is 1. The van der Waals surface area contributed by atoms with Crippen LogP contribution in [-0.4, -0.2) is 16.1 Å². The molecule has 0 radical (unpaired) electrons. The summed E-state index contributed by atoms with van der Waals surface area (Å²) in [5.41, 5.74) is 1.92. The molecule has 0 bridgehead atoms. The molecule has 0 spiro atoms. The number of hydrogen-bond acceptors (Lipinski definition) is 3. The Morgan fingerprint density at radius 3 is 3.31 bits per heavy atom. The van der Waals surface area contributed by atoms with Gasteiger partial charge in [0.1, 0.15) is 0 Å². The van der Waals surface area contributed by atoms with Crippen molar-refractivity contribution < 1.29 is 0 Å². The van der Waals surface area contributed by atoms with Gasteiger partial charge in [-0.05, 0) is 6.92 Å². The molecule has 1 aliphatic rings. The van der Waals surface area contributed by atoms with Crippen LogP contribution in [0.2, 0.25) is 0 Å². The van der Waals surface area contributed by atoms with Gasteiger partial charge >= 0.3 is 0 Å². The molecular weight excluding hydrogens is 166 g/mol. The molecule has 0 saturated heterocycles. The van der Waals surface area contributed by atoms with Gasteiger partial charge in [0.15, 0.2) is 0 Å². The van der Waals surface area contributed by atoms with Gasteiger partial charge in [-0.3, -0.25) is 9.36 Å². The summed E-state index contributed by atoms with van der Waals surface area (Å²) in [6, 6.07) is 0. The van der Waals surface area contributed by atoms with Gasteiger partial charge in [-0.2, -0.15) is 0 Å². The largest absolute Gasteiger partial charge is 0.312 e. The van der Waals surface area contributed by atoms with E-state index in [0.29, 0.717) is 13.1 Å². The van der Waals surface area contributed by atoms with Gasteiger partial charge in [0.25, 0.3) is 5.56 Å². The average molecular weight is 179 g/mol. The SMILES string of the molecule is CCn1cnc2c(c1=O)CNCC2. The van der Waals surface area contributed by atoms with Crippen molar-refractivity contribution in [1.29, 1.82) is 0 Å². The van der Waals surface area contributed by atoms with E-state index in [1.165, 1.54) is 0 Å². The van der Waals surface area contributed by atoms with Crippen molar-refractivity contribution in [2.45, 2.75) is 26.4 Å². The normalized spacial score (nSPS) is 15.5. The first-order valence-corrected chi connectivity index (χ1v) is 4.61. The third-order valence-corrected chi connectivity index (χ3v) is 2.40. The van der Waals surface area contributed by atoms with E-state index < -0.39 is 0 Å². The van der Waals surface area contributed by atoms with Crippen LogP contribution in [0.1, 0.15) is 18.2 Å². The second-order valence-corrected chi connectivity index (χ2v) is 3.19. The predicted octanol–water partition coefficient (Wildman–Crippen LogP) is -0.0911. The van der Waals surface area contributed by atoms with Gasteiger partial charge in [-0.15, -0.1) is 0 Å². The molecule has 1 aromatic rings. The maximum absolute atomic E-state index is 11.7. The van der Waals surface area contributed by atoms with Crippen molar-refractivity contribution in [1.82, 2.24) is 14.9 Å². The zero-order chi connectivity index (χ0) is 9.26. The highest BCUT2D eigenvalue weighted by Gasteiger charge is 2.14. The van der Waals surface area contributed by atoms with Crippen LogP contribution in [0, 0.1) is 0 Å². The zero-order valence-corrected chi connectivity index (χ0v) is 7.71. The van der Waals surface area contributed by atoms with Gasteiger partial charge in [0.2, 0.25) is 0 Å². The molecule has 0 saturated carbocycles. The van der Waals surface area contributed by atoms with Crippen LogP contribution in [0.5, 0.6) is 0 Å². The molecule has 0 atom stereocenters. The molecule has 0 unspecified atom stereocenters. The minimum Gasteiger partial charge on any atom is -0.312 e. The monoisotopic (exact) mass is 179 g/mol. The molecule has 70 valence electrons. The number of hydrogen-bond donors (Lipinski definition) is 1. The minimum absolute atomic E-state index is 0.111. The van der Waals surface area contributed by atoms with Gasteiger partial charge in [-0.1, -0.05) is 0 Å². The smallest absolute Gasteiger partial charge is 0.258 e. The molecule has 4 nitrogen and oxygen atoms in total. The molecule has 1 N–H and O–H groups in total. The van der Waals surface area contributed by atoms with Crippen molar-refractivity contribution in [3.8, 4) is 0 Å². The molecule has 4 heteroatoms. The topological polar surface area (TPSA) is 46.9 Å². The van der Waals surface area contributed by atoms with Crippen LogP contribution < -0.4 is 10.9 Å². The van der Waals surface area contributed by atoms with E-state index in [1.807, 2.05) is 6.92 Å². The molecule has 2 rings (SSSR count). The Hall–Kier alpha value is -1.16. The van der Waals surface area contributed by atoms with Gasteiger partial charge < -0.3 is 5.32 Å². The Balaban J connectivity index is 2.55. The molecule has 1 aliphatic heterocycles. The number of nitrogens with zero attached hydrogens (tertiary/aromatic N) is 2. The minimum atomic E-state index is 0.111. The van der Waals surface area contributed by atoms with E-state index in [0.717, 1.165) is 24.2 Å². The predicted molar refractivity (Wildman–Crippen MR) is 49.6 cm³/mol. The Labute approximate surface area is 76.6 Å². The molecule has 0 fully saturated rings. The summed E-state index contributed by atoms with van der Waals surface area (Å²) in [6.07, 6.45) is 2.52. The number of fused-ring (bicyclic) bond motifs is 1.